The topological polar surface area (TPSA) is 116 Å². The molecule has 3 rings (SSSR count). The second-order valence-electron chi connectivity index (χ2n) is 7.39. The van der Waals surface area contributed by atoms with Gasteiger partial charge in [-0.2, -0.15) is 5.10 Å². The van der Waals surface area contributed by atoms with Crippen LogP contribution in [-0.2, 0) is 14.8 Å². The van der Waals surface area contributed by atoms with Crippen molar-refractivity contribution in [2.45, 2.75) is 18.7 Å². The lowest BCUT2D eigenvalue weighted by molar-refractivity contribution is -0.119. The summed E-state index contributed by atoms with van der Waals surface area (Å²) in [5.41, 5.74) is 4.19. The number of hydrogen-bond donors (Lipinski definition) is 2. The van der Waals surface area contributed by atoms with Crippen LogP contribution >= 0.6 is 11.6 Å². The zero-order chi connectivity index (χ0) is 24.9. The van der Waals surface area contributed by atoms with Crippen LogP contribution in [0.1, 0.15) is 27.0 Å². The summed E-state index contributed by atoms with van der Waals surface area (Å²) in [5.74, 6) is -1.86. The molecule has 0 heterocycles. The van der Waals surface area contributed by atoms with Crippen molar-refractivity contribution in [1.29, 1.82) is 0 Å². The van der Waals surface area contributed by atoms with Crippen LogP contribution in [0.3, 0.4) is 0 Å². The fraction of sp³-hybridized carbons (Fsp3) is 0.125. The minimum Gasteiger partial charge on any atom is -0.478 e. The van der Waals surface area contributed by atoms with Crippen molar-refractivity contribution in [3.8, 4) is 0 Å². The summed E-state index contributed by atoms with van der Waals surface area (Å²) in [5, 5.41) is 13.4. The number of anilines is 1. The number of hydrazone groups is 1. The van der Waals surface area contributed by atoms with Gasteiger partial charge >= 0.3 is 5.97 Å². The number of carbonyl (C=O) groups excluding carboxylic acids is 1. The number of aryl methyl sites for hydroxylation is 1. The molecule has 0 aromatic heterocycles. The maximum Gasteiger partial charge on any atom is 0.336 e. The molecular formula is C24H22ClN3O5S. The summed E-state index contributed by atoms with van der Waals surface area (Å²) >= 11 is 6.21. The van der Waals surface area contributed by atoms with Crippen LogP contribution in [0, 0.1) is 13.8 Å². The van der Waals surface area contributed by atoms with E-state index in [-0.39, 0.29) is 21.7 Å². The standard InChI is InChI=1S/C24H22ClN3O5S/c1-16-10-12-19(13-11-16)34(32,33)28(22-9-5-8-21(25)17(22)2)15-23(29)27-26-14-18-6-3-4-7-20(18)24(30)31/h3-14H,15H2,1-2H3,(H,27,29)(H,30,31)/b26-14-. The molecule has 2 N–H and O–H groups in total. The molecule has 0 bridgehead atoms. The second kappa shape index (κ2) is 10.5. The van der Waals surface area contributed by atoms with E-state index in [0.717, 1.165) is 9.87 Å². The molecule has 1 amide bonds. The fourth-order valence-electron chi connectivity index (χ4n) is 3.15. The SMILES string of the molecule is Cc1ccc(S(=O)(=O)N(CC(=O)N/N=C\c2ccccc2C(=O)O)c2cccc(Cl)c2C)cc1. The Labute approximate surface area is 202 Å². The highest BCUT2D eigenvalue weighted by atomic mass is 35.5. The Balaban J connectivity index is 1.90. The molecule has 176 valence electrons. The van der Waals surface area contributed by atoms with Gasteiger partial charge in [0.2, 0.25) is 0 Å². The molecular weight excluding hydrogens is 478 g/mol. The van der Waals surface area contributed by atoms with Gasteiger partial charge in [0, 0.05) is 10.6 Å². The molecule has 0 spiro atoms. The van der Waals surface area contributed by atoms with E-state index in [1.54, 1.807) is 49.4 Å². The average Bonchev–Trinajstić information content (AvgIpc) is 2.80. The number of hydrogen-bond acceptors (Lipinski definition) is 5. The van der Waals surface area contributed by atoms with Gasteiger partial charge in [0.1, 0.15) is 6.54 Å². The largest absolute Gasteiger partial charge is 0.478 e. The molecule has 3 aromatic rings. The monoisotopic (exact) mass is 499 g/mol. The Bertz CT molecular complexity index is 1360. The highest BCUT2D eigenvalue weighted by Crippen LogP contribution is 2.30. The average molecular weight is 500 g/mol. The molecule has 3 aromatic carbocycles. The van der Waals surface area contributed by atoms with Crippen molar-refractivity contribution in [3.05, 3.63) is 94.0 Å². The second-order valence-corrected chi connectivity index (χ2v) is 9.66. The first-order valence-electron chi connectivity index (χ1n) is 10.1. The summed E-state index contributed by atoms with van der Waals surface area (Å²) < 4.78 is 27.9. The van der Waals surface area contributed by atoms with Gasteiger partial charge in [0.05, 0.1) is 22.4 Å². The first-order chi connectivity index (χ1) is 16.1. The van der Waals surface area contributed by atoms with Gasteiger partial charge in [-0.25, -0.2) is 18.6 Å². The quantitative estimate of drug-likeness (QED) is 0.359. The van der Waals surface area contributed by atoms with Gasteiger partial charge in [0.15, 0.2) is 0 Å². The van der Waals surface area contributed by atoms with E-state index in [0.29, 0.717) is 10.6 Å². The molecule has 8 nitrogen and oxygen atoms in total. The number of nitrogens with zero attached hydrogens (tertiary/aromatic N) is 2. The lowest BCUT2D eigenvalue weighted by Crippen LogP contribution is -2.40. The molecule has 34 heavy (non-hydrogen) atoms. The van der Waals surface area contributed by atoms with Crippen molar-refractivity contribution in [3.63, 3.8) is 0 Å². The van der Waals surface area contributed by atoms with E-state index in [1.165, 1.54) is 30.5 Å². The van der Waals surface area contributed by atoms with Crippen LogP contribution in [0.2, 0.25) is 5.02 Å². The van der Waals surface area contributed by atoms with Crippen LogP contribution in [0.5, 0.6) is 0 Å². The lowest BCUT2D eigenvalue weighted by atomic mass is 10.1. The van der Waals surface area contributed by atoms with Crippen molar-refractivity contribution >= 4 is 45.4 Å². The number of rotatable bonds is 8. The van der Waals surface area contributed by atoms with Crippen LogP contribution < -0.4 is 9.73 Å². The molecule has 0 fully saturated rings. The highest BCUT2D eigenvalue weighted by molar-refractivity contribution is 7.92. The lowest BCUT2D eigenvalue weighted by Gasteiger charge is -2.25. The molecule has 0 unspecified atom stereocenters. The fourth-order valence-corrected chi connectivity index (χ4v) is 4.80. The Morgan fingerprint density at radius 1 is 1.03 bits per heavy atom. The summed E-state index contributed by atoms with van der Waals surface area (Å²) in [6, 6.07) is 17.2. The van der Waals surface area contributed by atoms with Gasteiger partial charge in [-0.05, 0) is 49.7 Å². The minimum absolute atomic E-state index is 0.0126. The third-order valence-electron chi connectivity index (χ3n) is 4.99. The van der Waals surface area contributed by atoms with Crippen molar-refractivity contribution in [2.24, 2.45) is 5.10 Å². The van der Waals surface area contributed by atoms with Crippen LogP contribution in [0.25, 0.3) is 0 Å². The van der Waals surface area contributed by atoms with Crippen molar-refractivity contribution in [1.82, 2.24) is 5.43 Å². The van der Waals surface area contributed by atoms with E-state index in [4.69, 9.17) is 11.6 Å². The van der Waals surface area contributed by atoms with Gasteiger partial charge in [-0.1, -0.05) is 53.6 Å². The molecule has 0 saturated heterocycles. The molecule has 0 atom stereocenters. The first-order valence-corrected chi connectivity index (χ1v) is 11.9. The van der Waals surface area contributed by atoms with E-state index >= 15 is 0 Å². The number of sulfonamides is 1. The van der Waals surface area contributed by atoms with Crippen LogP contribution in [0.15, 0.2) is 76.7 Å². The Morgan fingerprint density at radius 3 is 2.38 bits per heavy atom. The van der Waals surface area contributed by atoms with Crippen molar-refractivity contribution in [2.75, 3.05) is 10.8 Å². The maximum absolute atomic E-state index is 13.5. The molecule has 0 aliphatic carbocycles. The zero-order valence-corrected chi connectivity index (χ0v) is 20.0. The predicted molar refractivity (Wildman–Crippen MR) is 131 cm³/mol. The molecule has 0 saturated carbocycles. The zero-order valence-electron chi connectivity index (χ0n) is 18.4. The first kappa shape index (κ1) is 24.9. The number of benzene rings is 3. The van der Waals surface area contributed by atoms with Gasteiger partial charge in [-0.15, -0.1) is 0 Å². The summed E-state index contributed by atoms with van der Waals surface area (Å²) in [7, 11) is -4.12. The summed E-state index contributed by atoms with van der Waals surface area (Å²) in [6.45, 7) is 2.92. The van der Waals surface area contributed by atoms with E-state index in [1.807, 2.05) is 6.92 Å². The number of carboxylic acid groups (broad SMARTS) is 1. The smallest absolute Gasteiger partial charge is 0.336 e. The summed E-state index contributed by atoms with van der Waals surface area (Å²) in [6.07, 6.45) is 1.19. The maximum atomic E-state index is 13.5. The van der Waals surface area contributed by atoms with E-state index < -0.39 is 28.4 Å². The Kier molecular flexibility index (Phi) is 7.70. The number of carbonyl (C=O) groups is 2. The van der Waals surface area contributed by atoms with Crippen LogP contribution in [0.4, 0.5) is 5.69 Å². The summed E-state index contributed by atoms with van der Waals surface area (Å²) in [4.78, 5) is 24.0. The van der Waals surface area contributed by atoms with Gasteiger partial charge in [0.25, 0.3) is 15.9 Å². The van der Waals surface area contributed by atoms with E-state index in [2.05, 4.69) is 10.5 Å². The third-order valence-corrected chi connectivity index (χ3v) is 7.17. The molecule has 0 radical (unpaired) electrons. The third kappa shape index (κ3) is 5.62. The van der Waals surface area contributed by atoms with E-state index in [9.17, 15) is 23.1 Å². The normalized spacial score (nSPS) is 11.4. The van der Waals surface area contributed by atoms with Gasteiger partial charge in [-0.3, -0.25) is 9.10 Å². The Morgan fingerprint density at radius 2 is 1.71 bits per heavy atom. The van der Waals surface area contributed by atoms with Gasteiger partial charge < -0.3 is 5.11 Å². The molecule has 0 aliphatic heterocycles. The van der Waals surface area contributed by atoms with Crippen LogP contribution in [-0.4, -0.2) is 38.2 Å². The molecule has 0 aliphatic rings. The minimum atomic E-state index is -4.12. The number of halogens is 1. The number of aromatic carboxylic acids is 1. The predicted octanol–water partition coefficient (Wildman–Crippen LogP) is 4.00. The number of amides is 1. The van der Waals surface area contributed by atoms with Crippen molar-refractivity contribution < 1.29 is 23.1 Å². The Hall–Kier alpha value is -3.69. The highest BCUT2D eigenvalue weighted by Gasteiger charge is 2.28. The molecule has 10 heteroatoms. The number of nitrogens with one attached hydrogen (secondary N) is 1. The number of carboxylic acids is 1.